The van der Waals surface area contributed by atoms with Crippen molar-refractivity contribution in [2.24, 2.45) is 4.99 Å². The topological polar surface area (TPSA) is 25.5 Å². The molecule has 0 saturated heterocycles. The highest BCUT2D eigenvalue weighted by atomic mass is 16.3. The molecule has 0 amide bonds. The van der Waals surface area contributed by atoms with Crippen molar-refractivity contribution >= 4 is 17.2 Å². The molecule has 21 heavy (non-hydrogen) atoms. The molecule has 1 atom stereocenters. The summed E-state index contributed by atoms with van der Waals surface area (Å²) in [6.45, 7) is 0. The zero-order valence-electron chi connectivity index (χ0n) is 11.8. The normalized spacial score (nSPS) is 21.7. The van der Waals surface area contributed by atoms with E-state index in [4.69, 9.17) is 9.41 Å². The van der Waals surface area contributed by atoms with Crippen LogP contribution in [0.15, 0.2) is 70.1 Å². The fraction of sp³-hybridized carbons (Fsp3) is 0.211. The molecule has 2 heteroatoms. The van der Waals surface area contributed by atoms with Gasteiger partial charge in [0, 0.05) is 11.6 Å². The average Bonchev–Trinajstić information content (AvgIpc) is 3.01. The highest BCUT2D eigenvalue weighted by Gasteiger charge is 2.37. The van der Waals surface area contributed by atoms with Crippen LogP contribution in [0.3, 0.4) is 0 Å². The summed E-state index contributed by atoms with van der Waals surface area (Å²) in [5, 5.41) is 1.14. The molecule has 0 fully saturated rings. The van der Waals surface area contributed by atoms with Crippen LogP contribution in [0.25, 0.3) is 11.0 Å². The molecule has 0 spiro atoms. The van der Waals surface area contributed by atoms with Gasteiger partial charge in [-0.3, -0.25) is 4.99 Å². The predicted octanol–water partition coefficient (Wildman–Crippen LogP) is 4.93. The minimum Gasteiger partial charge on any atom is -0.458 e. The number of aliphatic imine (C=N–C) groups is 1. The van der Waals surface area contributed by atoms with Gasteiger partial charge in [-0.1, -0.05) is 48.5 Å². The first-order chi connectivity index (χ1) is 10.4. The van der Waals surface area contributed by atoms with E-state index in [0.717, 1.165) is 36.0 Å². The summed E-state index contributed by atoms with van der Waals surface area (Å²) in [7, 11) is 0. The molecule has 2 heterocycles. The monoisotopic (exact) mass is 275 g/mol. The summed E-state index contributed by atoms with van der Waals surface area (Å²) >= 11 is 0. The lowest BCUT2D eigenvalue weighted by molar-refractivity contribution is 0.375. The van der Waals surface area contributed by atoms with Gasteiger partial charge in [0.05, 0.1) is 0 Å². The van der Waals surface area contributed by atoms with Crippen LogP contribution in [0.5, 0.6) is 0 Å². The van der Waals surface area contributed by atoms with Crippen LogP contribution in [0, 0.1) is 0 Å². The maximum Gasteiger partial charge on any atom is 0.143 e. The second-order valence-corrected chi connectivity index (χ2v) is 5.58. The van der Waals surface area contributed by atoms with Gasteiger partial charge >= 0.3 is 0 Å². The summed E-state index contributed by atoms with van der Waals surface area (Å²) in [5.41, 5.74) is 1.78. The van der Waals surface area contributed by atoms with E-state index < -0.39 is 0 Å². The van der Waals surface area contributed by atoms with Gasteiger partial charge in [0.1, 0.15) is 16.9 Å². The molecular weight excluding hydrogens is 258 g/mol. The minimum absolute atomic E-state index is 0.363. The third-order valence-electron chi connectivity index (χ3n) is 4.27. The smallest absolute Gasteiger partial charge is 0.143 e. The summed E-state index contributed by atoms with van der Waals surface area (Å²) in [6, 6.07) is 20.8. The van der Waals surface area contributed by atoms with E-state index in [-0.39, 0.29) is 5.54 Å². The number of hydrogen-bond donors (Lipinski definition) is 0. The van der Waals surface area contributed by atoms with E-state index in [2.05, 4.69) is 36.4 Å². The van der Waals surface area contributed by atoms with Crippen LogP contribution in [0.4, 0.5) is 0 Å². The van der Waals surface area contributed by atoms with Crippen LogP contribution in [0.2, 0.25) is 0 Å². The minimum atomic E-state index is -0.363. The van der Waals surface area contributed by atoms with Gasteiger partial charge in [0.25, 0.3) is 0 Å². The van der Waals surface area contributed by atoms with Crippen LogP contribution in [0.1, 0.15) is 30.6 Å². The number of para-hydroxylation sites is 1. The van der Waals surface area contributed by atoms with Gasteiger partial charge < -0.3 is 4.42 Å². The molecule has 3 aromatic rings. The van der Waals surface area contributed by atoms with Crippen molar-refractivity contribution in [3.05, 3.63) is 72.0 Å². The average molecular weight is 275 g/mol. The molecule has 2 aromatic carbocycles. The molecule has 1 aliphatic heterocycles. The summed E-state index contributed by atoms with van der Waals surface area (Å²) < 4.78 is 6.15. The van der Waals surface area contributed by atoms with E-state index in [9.17, 15) is 0 Å². The Bertz CT molecular complexity index is 754. The molecule has 4 rings (SSSR count). The predicted molar refractivity (Wildman–Crippen MR) is 85.8 cm³/mol. The highest BCUT2D eigenvalue weighted by molar-refractivity contribution is 5.78. The van der Waals surface area contributed by atoms with E-state index in [0.29, 0.717) is 0 Å². The molecule has 0 aliphatic carbocycles. The lowest BCUT2D eigenvalue weighted by Crippen LogP contribution is -2.27. The second-order valence-electron chi connectivity index (χ2n) is 5.58. The third-order valence-corrected chi connectivity index (χ3v) is 4.27. The molecular formula is C19H17NO. The zero-order chi connectivity index (χ0) is 14.1. The van der Waals surface area contributed by atoms with Crippen LogP contribution in [-0.4, -0.2) is 6.21 Å². The van der Waals surface area contributed by atoms with Gasteiger partial charge in [-0.2, -0.15) is 0 Å². The fourth-order valence-electron chi connectivity index (χ4n) is 3.18. The fourth-order valence-corrected chi connectivity index (χ4v) is 3.18. The van der Waals surface area contributed by atoms with Gasteiger partial charge in [0.15, 0.2) is 0 Å². The lowest BCUT2D eigenvalue weighted by atomic mass is 9.81. The Hall–Kier alpha value is -2.35. The number of rotatable bonds is 2. The number of nitrogens with zero attached hydrogens (tertiary/aromatic N) is 1. The summed E-state index contributed by atoms with van der Waals surface area (Å²) in [6.07, 6.45) is 5.22. The van der Waals surface area contributed by atoms with Crippen molar-refractivity contribution < 1.29 is 4.42 Å². The van der Waals surface area contributed by atoms with Crippen molar-refractivity contribution in [1.82, 2.24) is 0 Å². The van der Waals surface area contributed by atoms with E-state index in [1.54, 1.807) is 0 Å². The first kappa shape index (κ1) is 12.4. The van der Waals surface area contributed by atoms with Crippen molar-refractivity contribution in [2.45, 2.75) is 24.8 Å². The molecule has 1 aromatic heterocycles. The van der Waals surface area contributed by atoms with Crippen LogP contribution in [-0.2, 0) is 5.54 Å². The van der Waals surface area contributed by atoms with Gasteiger partial charge in [-0.05, 0) is 37.0 Å². The Labute approximate surface area is 124 Å². The molecule has 0 N–H and O–H groups in total. The first-order valence-electron chi connectivity index (χ1n) is 7.47. The SMILES string of the molecule is C1=NC(c2ccccc2)(c2cc3ccccc3o2)CCC1. The molecule has 2 nitrogen and oxygen atoms in total. The van der Waals surface area contributed by atoms with E-state index in [1.807, 2.05) is 30.5 Å². The van der Waals surface area contributed by atoms with Crippen molar-refractivity contribution in [3.63, 3.8) is 0 Å². The summed E-state index contributed by atoms with van der Waals surface area (Å²) in [4.78, 5) is 4.88. The van der Waals surface area contributed by atoms with Gasteiger partial charge in [0.2, 0.25) is 0 Å². The van der Waals surface area contributed by atoms with E-state index >= 15 is 0 Å². The summed E-state index contributed by atoms with van der Waals surface area (Å²) in [5.74, 6) is 0.950. The maximum absolute atomic E-state index is 6.15. The molecule has 1 aliphatic rings. The van der Waals surface area contributed by atoms with Gasteiger partial charge in [-0.15, -0.1) is 0 Å². The van der Waals surface area contributed by atoms with Crippen molar-refractivity contribution in [3.8, 4) is 0 Å². The Morgan fingerprint density at radius 3 is 2.52 bits per heavy atom. The third kappa shape index (κ3) is 1.99. The largest absolute Gasteiger partial charge is 0.458 e. The molecule has 0 radical (unpaired) electrons. The van der Waals surface area contributed by atoms with Crippen molar-refractivity contribution in [2.75, 3.05) is 0 Å². The maximum atomic E-state index is 6.15. The lowest BCUT2D eigenvalue weighted by Gasteiger charge is -2.30. The Kier molecular flexibility index (Phi) is 2.88. The number of hydrogen-bond acceptors (Lipinski definition) is 2. The molecule has 104 valence electrons. The standard InChI is InChI=1S/C19H17NO/c1-2-9-16(10-3-1)19(12-6-7-13-20-19)18-14-15-8-4-5-11-17(15)21-18/h1-5,8-11,13-14H,6-7,12H2. The number of furan rings is 1. The molecule has 0 saturated carbocycles. The Morgan fingerprint density at radius 1 is 0.952 bits per heavy atom. The van der Waals surface area contributed by atoms with Crippen molar-refractivity contribution in [1.29, 1.82) is 0 Å². The second kappa shape index (κ2) is 4.88. The van der Waals surface area contributed by atoms with Gasteiger partial charge in [-0.25, -0.2) is 0 Å². The highest BCUT2D eigenvalue weighted by Crippen LogP contribution is 2.42. The quantitative estimate of drug-likeness (QED) is 0.651. The first-order valence-corrected chi connectivity index (χ1v) is 7.47. The van der Waals surface area contributed by atoms with Crippen LogP contribution < -0.4 is 0 Å². The molecule has 0 bridgehead atoms. The Morgan fingerprint density at radius 2 is 1.76 bits per heavy atom. The number of fused-ring (bicyclic) bond motifs is 1. The van der Waals surface area contributed by atoms with Crippen LogP contribution >= 0.6 is 0 Å². The Balaban J connectivity index is 1.94. The zero-order valence-corrected chi connectivity index (χ0v) is 11.8. The van der Waals surface area contributed by atoms with E-state index in [1.165, 1.54) is 5.56 Å². The molecule has 1 unspecified atom stereocenters. The number of benzene rings is 2.